The van der Waals surface area contributed by atoms with Crippen LogP contribution in [0.4, 0.5) is 5.69 Å². The molecule has 0 bridgehead atoms. The average molecular weight is 263 g/mol. The number of hydrogen-bond acceptors (Lipinski definition) is 5. The predicted molar refractivity (Wildman–Crippen MR) is 70.4 cm³/mol. The van der Waals surface area contributed by atoms with Gasteiger partial charge in [-0.05, 0) is 12.1 Å². The molecule has 102 valence electrons. The number of nitrogens with two attached hydrogens (primary N) is 1. The minimum Gasteiger partial charge on any atom is -0.454 e. The Bertz CT molecular complexity index is 484. The van der Waals surface area contributed by atoms with E-state index in [1.807, 2.05) is 23.1 Å². The van der Waals surface area contributed by atoms with Gasteiger partial charge in [0.05, 0.1) is 6.54 Å². The van der Waals surface area contributed by atoms with Crippen LogP contribution in [0.3, 0.4) is 0 Å². The fourth-order valence-corrected chi connectivity index (χ4v) is 2.43. The highest BCUT2D eigenvalue weighted by molar-refractivity contribution is 5.78. The monoisotopic (exact) mass is 263 g/mol. The molecule has 6 nitrogen and oxygen atoms in total. The fraction of sp³-hybridized carbons (Fsp3) is 0.462. The predicted octanol–water partition coefficient (Wildman–Crippen LogP) is 0.0226. The maximum atomic E-state index is 11.5. The summed E-state index contributed by atoms with van der Waals surface area (Å²) in [6.07, 6.45) is 0. The van der Waals surface area contributed by atoms with Crippen molar-refractivity contribution in [2.75, 3.05) is 44.4 Å². The summed E-state index contributed by atoms with van der Waals surface area (Å²) in [4.78, 5) is 15.6. The number of amides is 1. The molecule has 6 heteroatoms. The summed E-state index contributed by atoms with van der Waals surface area (Å²) in [6.45, 7) is 3.42. The van der Waals surface area contributed by atoms with Crippen LogP contribution in [0.5, 0.6) is 11.5 Å². The number of carbonyl (C=O) groups is 1. The number of anilines is 1. The normalized spacial score (nSPS) is 17.7. The zero-order valence-electron chi connectivity index (χ0n) is 10.7. The van der Waals surface area contributed by atoms with Gasteiger partial charge in [0.2, 0.25) is 12.7 Å². The molecule has 2 aliphatic rings. The van der Waals surface area contributed by atoms with E-state index in [1.165, 1.54) is 0 Å². The molecule has 3 rings (SSSR count). The molecule has 0 atom stereocenters. The van der Waals surface area contributed by atoms with Crippen molar-refractivity contribution in [2.45, 2.75) is 0 Å². The SMILES string of the molecule is NCC(=O)N1CCN(c2ccc3c(c2)OCO3)CC1. The Labute approximate surface area is 111 Å². The first-order valence-corrected chi connectivity index (χ1v) is 6.40. The molecule has 1 amide bonds. The fourth-order valence-electron chi connectivity index (χ4n) is 2.43. The number of fused-ring (bicyclic) bond motifs is 1. The van der Waals surface area contributed by atoms with Gasteiger partial charge in [-0.15, -0.1) is 0 Å². The Morgan fingerprint density at radius 3 is 2.63 bits per heavy atom. The van der Waals surface area contributed by atoms with Gasteiger partial charge in [-0.1, -0.05) is 0 Å². The summed E-state index contributed by atoms with van der Waals surface area (Å²) in [7, 11) is 0. The Morgan fingerprint density at radius 2 is 1.89 bits per heavy atom. The van der Waals surface area contributed by atoms with E-state index in [9.17, 15) is 4.79 Å². The van der Waals surface area contributed by atoms with Gasteiger partial charge >= 0.3 is 0 Å². The van der Waals surface area contributed by atoms with E-state index in [4.69, 9.17) is 15.2 Å². The smallest absolute Gasteiger partial charge is 0.236 e. The van der Waals surface area contributed by atoms with Crippen LogP contribution < -0.4 is 20.1 Å². The van der Waals surface area contributed by atoms with Crippen LogP contribution in [-0.4, -0.2) is 50.3 Å². The summed E-state index contributed by atoms with van der Waals surface area (Å²) in [6, 6.07) is 5.94. The summed E-state index contributed by atoms with van der Waals surface area (Å²) in [5.74, 6) is 1.60. The minimum absolute atomic E-state index is 0.0188. The van der Waals surface area contributed by atoms with Crippen molar-refractivity contribution in [3.63, 3.8) is 0 Å². The van der Waals surface area contributed by atoms with Crippen molar-refractivity contribution in [1.82, 2.24) is 4.90 Å². The van der Waals surface area contributed by atoms with E-state index in [0.29, 0.717) is 13.1 Å². The van der Waals surface area contributed by atoms with Crippen LogP contribution in [0.15, 0.2) is 18.2 Å². The van der Waals surface area contributed by atoms with Crippen LogP contribution in [0.2, 0.25) is 0 Å². The van der Waals surface area contributed by atoms with Gasteiger partial charge in [-0.3, -0.25) is 4.79 Å². The Hall–Kier alpha value is -1.95. The van der Waals surface area contributed by atoms with Crippen molar-refractivity contribution in [3.8, 4) is 11.5 Å². The van der Waals surface area contributed by atoms with Crippen LogP contribution in [0.25, 0.3) is 0 Å². The number of rotatable bonds is 2. The third kappa shape index (κ3) is 2.31. The van der Waals surface area contributed by atoms with Crippen LogP contribution in [0, 0.1) is 0 Å². The molecule has 0 radical (unpaired) electrons. The molecule has 2 heterocycles. The number of hydrogen-bond donors (Lipinski definition) is 1. The second-order valence-corrected chi connectivity index (χ2v) is 4.61. The molecular weight excluding hydrogens is 246 g/mol. The quantitative estimate of drug-likeness (QED) is 0.815. The van der Waals surface area contributed by atoms with Crippen LogP contribution >= 0.6 is 0 Å². The Kier molecular flexibility index (Phi) is 3.16. The summed E-state index contributed by atoms with van der Waals surface area (Å²) in [5.41, 5.74) is 6.48. The molecule has 1 aromatic carbocycles. The molecule has 0 saturated carbocycles. The average Bonchev–Trinajstić information content (AvgIpc) is 2.94. The van der Waals surface area contributed by atoms with Crippen LogP contribution in [-0.2, 0) is 4.79 Å². The van der Waals surface area contributed by atoms with E-state index in [-0.39, 0.29) is 19.2 Å². The van der Waals surface area contributed by atoms with Gasteiger partial charge < -0.3 is 25.0 Å². The van der Waals surface area contributed by atoms with Crippen molar-refractivity contribution >= 4 is 11.6 Å². The van der Waals surface area contributed by atoms with E-state index in [1.54, 1.807) is 0 Å². The van der Waals surface area contributed by atoms with Gasteiger partial charge in [0.25, 0.3) is 0 Å². The van der Waals surface area contributed by atoms with E-state index in [2.05, 4.69) is 4.90 Å². The van der Waals surface area contributed by atoms with Gasteiger partial charge in [-0.2, -0.15) is 0 Å². The summed E-state index contributed by atoms with van der Waals surface area (Å²) >= 11 is 0. The number of nitrogens with zero attached hydrogens (tertiary/aromatic N) is 2. The van der Waals surface area contributed by atoms with Crippen molar-refractivity contribution in [3.05, 3.63) is 18.2 Å². The van der Waals surface area contributed by atoms with E-state index >= 15 is 0 Å². The van der Waals surface area contributed by atoms with Gasteiger partial charge in [-0.25, -0.2) is 0 Å². The minimum atomic E-state index is 0.0188. The highest BCUT2D eigenvalue weighted by Gasteiger charge is 2.22. The number of ether oxygens (including phenoxy) is 2. The van der Waals surface area contributed by atoms with Gasteiger partial charge in [0, 0.05) is 37.9 Å². The Balaban J connectivity index is 1.67. The lowest BCUT2D eigenvalue weighted by molar-refractivity contribution is -0.129. The van der Waals surface area contributed by atoms with E-state index in [0.717, 1.165) is 30.3 Å². The first-order valence-electron chi connectivity index (χ1n) is 6.40. The molecule has 1 fully saturated rings. The molecule has 0 unspecified atom stereocenters. The molecular formula is C13H17N3O3. The number of piperazine rings is 1. The lowest BCUT2D eigenvalue weighted by Crippen LogP contribution is -2.50. The molecule has 0 aliphatic carbocycles. The third-order valence-electron chi connectivity index (χ3n) is 3.53. The Morgan fingerprint density at radius 1 is 1.16 bits per heavy atom. The highest BCUT2D eigenvalue weighted by Crippen LogP contribution is 2.35. The van der Waals surface area contributed by atoms with Crippen LogP contribution in [0.1, 0.15) is 0 Å². The van der Waals surface area contributed by atoms with Crippen molar-refractivity contribution in [2.24, 2.45) is 5.73 Å². The van der Waals surface area contributed by atoms with Gasteiger partial charge in [0.15, 0.2) is 11.5 Å². The van der Waals surface area contributed by atoms with Gasteiger partial charge in [0.1, 0.15) is 0 Å². The molecule has 1 saturated heterocycles. The maximum Gasteiger partial charge on any atom is 0.236 e. The molecule has 2 aliphatic heterocycles. The molecule has 0 aromatic heterocycles. The zero-order valence-corrected chi connectivity index (χ0v) is 10.7. The van der Waals surface area contributed by atoms with E-state index < -0.39 is 0 Å². The lowest BCUT2D eigenvalue weighted by Gasteiger charge is -2.36. The largest absolute Gasteiger partial charge is 0.454 e. The molecule has 0 spiro atoms. The molecule has 19 heavy (non-hydrogen) atoms. The topological polar surface area (TPSA) is 68.0 Å². The summed E-state index contributed by atoms with van der Waals surface area (Å²) < 4.78 is 10.7. The summed E-state index contributed by atoms with van der Waals surface area (Å²) in [5, 5.41) is 0. The maximum absolute atomic E-state index is 11.5. The number of benzene rings is 1. The second kappa shape index (κ2) is 4.97. The highest BCUT2D eigenvalue weighted by atomic mass is 16.7. The lowest BCUT2D eigenvalue weighted by atomic mass is 10.2. The number of carbonyl (C=O) groups excluding carboxylic acids is 1. The third-order valence-corrected chi connectivity index (χ3v) is 3.53. The van der Waals surface area contributed by atoms with Crippen molar-refractivity contribution < 1.29 is 14.3 Å². The first kappa shape index (κ1) is 12.1. The van der Waals surface area contributed by atoms with Crippen molar-refractivity contribution in [1.29, 1.82) is 0 Å². The zero-order chi connectivity index (χ0) is 13.2. The second-order valence-electron chi connectivity index (χ2n) is 4.61. The first-order chi connectivity index (χ1) is 9.28. The molecule has 1 aromatic rings. The molecule has 2 N–H and O–H groups in total. The standard InChI is InChI=1S/C13H17N3O3/c14-8-13(17)16-5-3-15(4-6-16)10-1-2-11-12(7-10)19-9-18-11/h1-2,7H,3-6,8-9,14H2.